The van der Waals surface area contributed by atoms with Gasteiger partial charge in [-0.1, -0.05) is 29.8 Å². The van der Waals surface area contributed by atoms with Gasteiger partial charge in [-0.2, -0.15) is 0 Å². The molecule has 0 aliphatic carbocycles. The third-order valence-electron chi connectivity index (χ3n) is 6.22. The normalized spacial score (nSPS) is 13.9. The van der Waals surface area contributed by atoms with Crippen LogP contribution in [-0.2, 0) is 4.79 Å². The summed E-state index contributed by atoms with van der Waals surface area (Å²) in [4.78, 5) is 34.4. The van der Waals surface area contributed by atoms with E-state index in [0.717, 1.165) is 16.9 Å². The molecule has 0 N–H and O–H groups in total. The summed E-state index contributed by atoms with van der Waals surface area (Å²) in [6.45, 7) is 6.84. The molecule has 0 atom stereocenters. The lowest BCUT2D eigenvalue weighted by Crippen LogP contribution is -2.49. The number of halogens is 1. The largest absolute Gasteiger partial charge is 0.496 e. The van der Waals surface area contributed by atoms with Crippen molar-refractivity contribution >= 4 is 40.0 Å². The quantitative estimate of drug-likeness (QED) is 0.488. The number of methoxy groups -OCH3 is 1. The third-order valence-corrected chi connectivity index (χ3v) is 6.45. The highest BCUT2D eigenvalue weighted by Gasteiger charge is 2.23. The van der Waals surface area contributed by atoms with E-state index in [1.54, 1.807) is 18.2 Å². The number of carbonyl (C=O) groups excluding carboxylic acids is 2. The van der Waals surface area contributed by atoms with Gasteiger partial charge < -0.3 is 14.5 Å². The Morgan fingerprint density at radius 3 is 2.48 bits per heavy atom. The van der Waals surface area contributed by atoms with E-state index in [2.05, 4.69) is 43.0 Å². The summed E-state index contributed by atoms with van der Waals surface area (Å²) in [6.07, 6.45) is 0.293. The van der Waals surface area contributed by atoms with Crippen molar-refractivity contribution < 1.29 is 14.3 Å². The first kappa shape index (κ1) is 23.1. The van der Waals surface area contributed by atoms with Gasteiger partial charge in [0, 0.05) is 49.4 Å². The van der Waals surface area contributed by atoms with Crippen LogP contribution in [0.5, 0.6) is 5.75 Å². The number of hydrogen-bond donors (Lipinski definition) is 0. The smallest absolute Gasteiger partial charge is 0.223 e. The van der Waals surface area contributed by atoms with Crippen molar-refractivity contribution in [2.45, 2.75) is 26.7 Å². The lowest BCUT2D eigenvalue weighted by molar-refractivity contribution is -0.131. The summed E-state index contributed by atoms with van der Waals surface area (Å²) < 4.78 is 5.25. The summed E-state index contributed by atoms with van der Waals surface area (Å²) in [5, 5.41) is 1.64. The van der Waals surface area contributed by atoms with Crippen molar-refractivity contribution in [1.82, 2.24) is 9.88 Å². The Morgan fingerprint density at radius 2 is 1.76 bits per heavy atom. The summed E-state index contributed by atoms with van der Waals surface area (Å²) in [5.74, 6) is 1.26. The number of amides is 1. The number of pyridine rings is 1. The number of anilines is 1. The highest BCUT2D eigenvalue weighted by molar-refractivity contribution is 6.31. The van der Waals surface area contributed by atoms with E-state index in [0.29, 0.717) is 42.5 Å². The molecule has 1 aromatic heterocycles. The second-order valence-electron chi connectivity index (χ2n) is 8.40. The fourth-order valence-corrected chi connectivity index (χ4v) is 4.47. The van der Waals surface area contributed by atoms with E-state index in [1.807, 2.05) is 4.90 Å². The summed E-state index contributed by atoms with van der Waals surface area (Å²) in [5.41, 5.74) is 3.80. The molecule has 0 unspecified atom stereocenters. The molecule has 0 radical (unpaired) electrons. The van der Waals surface area contributed by atoms with Gasteiger partial charge in [-0.15, -0.1) is 0 Å². The molecule has 2 heterocycles. The molecule has 1 saturated heterocycles. The molecule has 0 bridgehead atoms. The number of piperazine rings is 1. The fourth-order valence-electron chi connectivity index (χ4n) is 4.30. The van der Waals surface area contributed by atoms with Crippen molar-refractivity contribution in [1.29, 1.82) is 0 Å². The predicted molar refractivity (Wildman–Crippen MR) is 132 cm³/mol. The molecular formula is C26H28ClN3O3. The SMILES string of the molecule is COc1ccc(Cl)cc1C(=O)CCC(=O)N1CCN(c2cc(C)c3cccc(C)c3n2)CC1. The molecule has 6 nitrogen and oxygen atoms in total. The van der Waals surface area contributed by atoms with Gasteiger partial charge in [-0.25, -0.2) is 4.98 Å². The third kappa shape index (κ3) is 4.96. The monoisotopic (exact) mass is 465 g/mol. The summed E-state index contributed by atoms with van der Waals surface area (Å²) in [7, 11) is 1.51. The molecule has 4 rings (SSSR count). The minimum Gasteiger partial charge on any atom is -0.496 e. The maximum Gasteiger partial charge on any atom is 0.223 e. The maximum atomic E-state index is 12.8. The van der Waals surface area contributed by atoms with Crippen molar-refractivity contribution in [2.75, 3.05) is 38.2 Å². The molecule has 2 aromatic carbocycles. The average molecular weight is 466 g/mol. The average Bonchev–Trinajstić information content (AvgIpc) is 2.83. The molecule has 1 amide bonds. The molecule has 3 aromatic rings. The van der Waals surface area contributed by atoms with Crippen LogP contribution < -0.4 is 9.64 Å². The summed E-state index contributed by atoms with van der Waals surface area (Å²) >= 11 is 6.02. The second kappa shape index (κ2) is 9.79. The number of nitrogens with zero attached hydrogens (tertiary/aromatic N) is 3. The number of hydrogen-bond acceptors (Lipinski definition) is 5. The van der Waals surface area contributed by atoms with Gasteiger partial charge in [-0.05, 0) is 49.2 Å². The minimum absolute atomic E-state index is 0.0116. The van der Waals surface area contributed by atoms with Crippen molar-refractivity contribution in [3.63, 3.8) is 0 Å². The molecule has 172 valence electrons. The number of fused-ring (bicyclic) bond motifs is 1. The fraction of sp³-hybridized carbons (Fsp3) is 0.346. The Labute approximate surface area is 199 Å². The van der Waals surface area contributed by atoms with Crippen LogP contribution in [0.1, 0.15) is 34.3 Å². The second-order valence-corrected chi connectivity index (χ2v) is 8.84. The zero-order chi connectivity index (χ0) is 23.5. The van der Waals surface area contributed by atoms with E-state index in [4.69, 9.17) is 21.3 Å². The van der Waals surface area contributed by atoms with Gasteiger partial charge >= 0.3 is 0 Å². The van der Waals surface area contributed by atoms with E-state index in [9.17, 15) is 9.59 Å². The lowest BCUT2D eigenvalue weighted by atomic mass is 10.0. The van der Waals surface area contributed by atoms with Crippen LogP contribution >= 0.6 is 11.6 Å². The van der Waals surface area contributed by atoms with E-state index >= 15 is 0 Å². The first-order valence-corrected chi connectivity index (χ1v) is 11.5. The van der Waals surface area contributed by atoms with Crippen molar-refractivity contribution in [2.24, 2.45) is 0 Å². The minimum atomic E-state index is -0.146. The number of Topliss-reactive ketones (excluding diaryl/α,β-unsaturated/α-hetero) is 1. The highest BCUT2D eigenvalue weighted by atomic mass is 35.5. The van der Waals surface area contributed by atoms with Gasteiger partial charge in [0.15, 0.2) is 5.78 Å². The molecule has 1 fully saturated rings. The van der Waals surface area contributed by atoms with E-state index in [-0.39, 0.29) is 24.5 Å². The Hall–Kier alpha value is -3.12. The number of ether oxygens (including phenoxy) is 1. The van der Waals surface area contributed by atoms with Gasteiger partial charge in [0.1, 0.15) is 11.6 Å². The zero-order valence-electron chi connectivity index (χ0n) is 19.2. The number of carbonyl (C=O) groups is 2. The van der Waals surface area contributed by atoms with Crippen LogP contribution in [-0.4, -0.2) is 54.9 Å². The molecule has 7 heteroatoms. The standard InChI is InChI=1S/C26H28ClN3O3/c1-17-5-4-6-20-18(2)15-24(28-26(17)20)29-11-13-30(14-12-29)25(32)10-8-22(31)21-16-19(27)7-9-23(21)33-3/h4-7,9,15-16H,8,10-14H2,1-3H3. The number of ketones is 1. The topological polar surface area (TPSA) is 62.7 Å². The molecule has 33 heavy (non-hydrogen) atoms. The van der Waals surface area contributed by atoms with E-state index < -0.39 is 0 Å². The molecule has 0 saturated carbocycles. The van der Waals surface area contributed by atoms with Gasteiger partial charge in [0.2, 0.25) is 5.91 Å². The van der Waals surface area contributed by atoms with Crippen molar-refractivity contribution in [3.8, 4) is 5.75 Å². The van der Waals surface area contributed by atoms with Gasteiger partial charge in [0.25, 0.3) is 0 Å². The van der Waals surface area contributed by atoms with Crippen LogP contribution in [0.4, 0.5) is 5.82 Å². The number of aryl methyl sites for hydroxylation is 2. The Bertz CT molecular complexity index is 1200. The zero-order valence-corrected chi connectivity index (χ0v) is 20.0. The van der Waals surface area contributed by atoms with Crippen LogP contribution in [0.3, 0.4) is 0 Å². The number of rotatable bonds is 6. The number of benzene rings is 2. The Balaban J connectivity index is 1.36. The maximum absolute atomic E-state index is 12.8. The first-order valence-electron chi connectivity index (χ1n) is 11.1. The Kier molecular flexibility index (Phi) is 6.84. The van der Waals surface area contributed by atoms with Crippen LogP contribution in [0.15, 0.2) is 42.5 Å². The van der Waals surface area contributed by atoms with Gasteiger partial charge in [-0.3, -0.25) is 9.59 Å². The van der Waals surface area contributed by atoms with E-state index in [1.165, 1.54) is 18.1 Å². The lowest BCUT2D eigenvalue weighted by Gasteiger charge is -2.35. The molecule has 1 aliphatic heterocycles. The molecule has 0 spiro atoms. The molecular weight excluding hydrogens is 438 g/mol. The van der Waals surface area contributed by atoms with Crippen molar-refractivity contribution in [3.05, 3.63) is 64.2 Å². The first-order chi connectivity index (χ1) is 15.9. The predicted octanol–water partition coefficient (Wildman–Crippen LogP) is 4.83. The molecule has 1 aliphatic rings. The van der Waals surface area contributed by atoms with Crippen LogP contribution in [0.25, 0.3) is 10.9 Å². The van der Waals surface area contributed by atoms with Crippen LogP contribution in [0, 0.1) is 13.8 Å². The Morgan fingerprint density at radius 1 is 1.00 bits per heavy atom. The number of para-hydroxylation sites is 1. The van der Waals surface area contributed by atoms with Crippen LogP contribution in [0.2, 0.25) is 5.02 Å². The highest BCUT2D eigenvalue weighted by Crippen LogP contribution is 2.26. The van der Waals surface area contributed by atoms with Gasteiger partial charge in [0.05, 0.1) is 18.2 Å². The summed E-state index contributed by atoms with van der Waals surface area (Å²) in [6, 6.07) is 13.3. The number of aromatic nitrogens is 1.